The van der Waals surface area contributed by atoms with Crippen molar-refractivity contribution in [3.8, 4) is 0 Å². The summed E-state index contributed by atoms with van der Waals surface area (Å²) in [5.41, 5.74) is 0. The summed E-state index contributed by atoms with van der Waals surface area (Å²) in [5.74, 6) is -1.08. The summed E-state index contributed by atoms with van der Waals surface area (Å²) in [6.07, 6.45) is 2.25. The van der Waals surface area contributed by atoms with Gasteiger partial charge in [-0.25, -0.2) is 4.98 Å². The molecule has 1 heterocycles. The number of nitrogens with one attached hydrogen (secondary N) is 1. The second-order valence-electron chi connectivity index (χ2n) is 1.59. The van der Waals surface area contributed by atoms with Crippen molar-refractivity contribution in [2.75, 3.05) is 5.32 Å². The van der Waals surface area contributed by atoms with Gasteiger partial charge in [0.25, 0.3) is 0 Å². The maximum atomic E-state index is 9.73. The van der Waals surface area contributed by atoms with E-state index in [1.54, 1.807) is 11.6 Å². The van der Waals surface area contributed by atoms with Crippen LogP contribution in [0.5, 0.6) is 0 Å². The number of rotatable bonds is 2. The SMILES string of the molecule is CC(=O)[O-].O=CNc1nccs1. The first-order valence-corrected chi connectivity index (χ1v) is 3.82. The van der Waals surface area contributed by atoms with Crippen LogP contribution in [0, 0.1) is 0 Å². The molecule has 0 unspecified atom stereocenters. The number of carboxylic acid groups (broad SMARTS) is 1. The highest BCUT2D eigenvalue weighted by molar-refractivity contribution is 7.13. The highest BCUT2D eigenvalue weighted by Gasteiger charge is 1.86. The van der Waals surface area contributed by atoms with Gasteiger partial charge in [0, 0.05) is 17.5 Å². The van der Waals surface area contributed by atoms with Gasteiger partial charge in [0.15, 0.2) is 5.13 Å². The van der Waals surface area contributed by atoms with Gasteiger partial charge in [0.05, 0.1) is 0 Å². The van der Waals surface area contributed by atoms with E-state index in [0.29, 0.717) is 11.5 Å². The predicted molar refractivity (Wildman–Crippen MR) is 42.5 cm³/mol. The Morgan fingerprint density at radius 3 is 2.75 bits per heavy atom. The quantitative estimate of drug-likeness (QED) is 0.631. The van der Waals surface area contributed by atoms with E-state index in [9.17, 15) is 4.79 Å². The lowest BCUT2D eigenvalue weighted by Gasteiger charge is -1.82. The van der Waals surface area contributed by atoms with Crippen LogP contribution >= 0.6 is 11.3 Å². The lowest BCUT2D eigenvalue weighted by atomic mass is 10.9. The largest absolute Gasteiger partial charge is 0.550 e. The normalized spacial score (nSPS) is 7.75. The molecule has 5 nitrogen and oxygen atoms in total. The molecule has 1 rings (SSSR count). The fraction of sp³-hybridized carbons (Fsp3) is 0.167. The standard InChI is InChI=1S/C4H4N2OS.C2H4O2/c7-3-6-4-5-1-2-8-4;1-2(3)4/h1-3H,(H,5,6,7);1H3,(H,3,4)/p-1. The molecule has 1 amide bonds. The van der Waals surface area contributed by atoms with Gasteiger partial charge in [-0.1, -0.05) is 0 Å². The number of aromatic nitrogens is 1. The van der Waals surface area contributed by atoms with Crippen molar-refractivity contribution in [2.24, 2.45) is 0 Å². The first-order chi connectivity index (χ1) is 5.66. The number of carbonyl (C=O) groups excluding carboxylic acids is 2. The molecule has 0 spiro atoms. The Morgan fingerprint density at radius 1 is 1.83 bits per heavy atom. The van der Waals surface area contributed by atoms with E-state index in [0.717, 1.165) is 6.92 Å². The lowest BCUT2D eigenvalue weighted by molar-refractivity contribution is -0.302. The minimum atomic E-state index is -1.08. The Hall–Kier alpha value is -1.43. The van der Waals surface area contributed by atoms with Crippen LogP contribution in [0.25, 0.3) is 0 Å². The predicted octanol–water partition coefficient (Wildman–Crippen LogP) is -0.532. The van der Waals surface area contributed by atoms with Gasteiger partial charge in [0.2, 0.25) is 6.41 Å². The molecule has 0 saturated carbocycles. The van der Waals surface area contributed by atoms with Crippen molar-refractivity contribution in [1.82, 2.24) is 4.98 Å². The molecular weight excluding hydrogens is 180 g/mol. The summed E-state index contributed by atoms with van der Waals surface area (Å²) in [6, 6.07) is 0. The average molecular weight is 187 g/mol. The number of amides is 1. The van der Waals surface area contributed by atoms with Gasteiger partial charge in [-0.05, 0) is 6.92 Å². The Bertz CT molecular complexity index is 231. The maximum Gasteiger partial charge on any atom is 0.213 e. The Balaban J connectivity index is 0.000000261. The lowest BCUT2D eigenvalue weighted by Crippen LogP contribution is -2.16. The van der Waals surface area contributed by atoms with Crippen LogP contribution in [0.15, 0.2) is 11.6 Å². The highest BCUT2D eigenvalue weighted by atomic mass is 32.1. The summed E-state index contributed by atoms with van der Waals surface area (Å²) < 4.78 is 0. The smallest absolute Gasteiger partial charge is 0.213 e. The van der Waals surface area contributed by atoms with E-state index in [1.165, 1.54) is 11.3 Å². The zero-order chi connectivity index (χ0) is 9.40. The van der Waals surface area contributed by atoms with Crippen LogP contribution in [0.3, 0.4) is 0 Å². The molecule has 6 heteroatoms. The molecule has 0 aliphatic carbocycles. The Kier molecular flexibility index (Phi) is 5.54. The molecule has 12 heavy (non-hydrogen) atoms. The minimum Gasteiger partial charge on any atom is -0.550 e. The molecule has 0 fully saturated rings. The molecule has 0 aliphatic heterocycles. The van der Waals surface area contributed by atoms with Crippen LogP contribution < -0.4 is 10.4 Å². The summed E-state index contributed by atoms with van der Waals surface area (Å²) >= 11 is 1.39. The van der Waals surface area contributed by atoms with Crippen molar-refractivity contribution in [3.63, 3.8) is 0 Å². The van der Waals surface area contributed by atoms with E-state index in [-0.39, 0.29) is 0 Å². The third-order valence-corrected chi connectivity index (χ3v) is 1.32. The molecule has 0 saturated heterocycles. The van der Waals surface area contributed by atoms with E-state index in [4.69, 9.17) is 9.90 Å². The van der Waals surface area contributed by atoms with Gasteiger partial charge in [0.1, 0.15) is 0 Å². The molecule has 0 aromatic carbocycles. The van der Waals surface area contributed by atoms with Crippen LogP contribution in [-0.2, 0) is 9.59 Å². The van der Waals surface area contributed by atoms with Crippen LogP contribution in [0.1, 0.15) is 6.92 Å². The highest BCUT2D eigenvalue weighted by Crippen LogP contribution is 2.07. The second-order valence-corrected chi connectivity index (χ2v) is 2.49. The molecule has 1 N–H and O–H groups in total. The van der Waals surface area contributed by atoms with Gasteiger partial charge in [-0.3, -0.25) is 4.79 Å². The van der Waals surface area contributed by atoms with Gasteiger partial charge >= 0.3 is 0 Å². The molecule has 0 bridgehead atoms. The first kappa shape index (κ1) is 10.6. The number of hydrogen-bond donors (Lipinski definition) is 1. The summed E-state index contributed by atoms with van der Waals surface area (Å²) in [7, 11) is 0. The Labute approximate surface area is 73.1 Å². The van der Waals surface area contributed by atoms with Crippen LogP contribution in [-0.4, -0.2) is 17.4 Å². The molecule has 66 valence electrons. The number of thiazole rings is 1. The minimum absolute atomic E-state index is 0.610. The van der Waals surface area contributed by atoms with Crippen molar-refractivity contribution < 1.29 is 14.7 Å². The van der Waals surface area contributed by atoms with Crippen molar-refractivity contribution >= 4 is 28.8 Å². The number of nitrogens with zero attached hydrogens (tertiary/aromatic N) is 1. The topological polar surface area (TPSA) is 82.1 Å². The van der Waals surface area contributed by atoms with E-state index in [2.05, 4.69) is 10.3 Å². The zero-order valence-corrected chi connectivity index (χ0v) is 7.13. The third-order valence-electron chi connectivity index (χ3n) is 0.615. The number of aliphatic carboxylic acids is 1. The third kappa shape index (κ3) is 6.69. The van der Waals surface area contributed by atoms with Crippen LogP contribution in [0.4, 0.5) is 5.13 Å². The number of anilines is 1. The van der Waals surface area contributed by atoms with Crippen LogP contribution in [0.2, 0.25) is 0 Å². The summed E-state index contributed by atoms with van der Waals surface area (Å²) in [5, 5.41) is 13.7. The summed E-state index contributed by atoms with van der Waals surface area (Å²) in [4.78, 5) is 22.4. The van der Waals surface area contributed by atoms with Crippen molar-refractivity contribution in [1.29, 1.82) is 0 Å². The first-order valence-electron chi connectivity index (χ1n) is 2.94. The number of hydrogen-bond acceptors (Lipinski definition) is 5. The molecule has 0 atom stereocenters. The molecule has 0 radical (unpaired) electrons. The molecular formula is C6H7N2O3S-. The van der Waals surface area contributed by atoms with Crippen molar-refractivity contribution in [3.05, 3.63) is 11.6 Å². The van der Waals surface area contributed by atoms with E-state index < -0.39 is 5.97 Å². The fourth-order valence-electron chi connectivity index (χ4n) is 0.345. The molecule has 1 aromatic rings. The maximum absolute atomic E-state index is 9.73. The average Bonchev–Trinajstić information content (AvgIpc) is 2.39. The second kappa shape index (κ2) is 6.29. The Morgan fingerprint density at radius 2 is 2.42 bits per heavy atom. The molecule has 0 aliphatic rings. The fourth-order valence-corrected chi connectivity index (χ4v) is 0.834. The number of carbonyl (C=O) groups is 2. The van der Waals surface area contributed by atoms with E-state index in [1.807, 2.05) is 0 Å². The summed E-state index contributed by atoms with van der Waals surface area (Å²) in [6.45, 7) is 0.972. The van der Waals surface area contributed by atoms with Gasteiger partial charge < -0.3 is 15.2 Å². The van der Waals surface area contributed by atoms with Gasteiger partial charge in [-0.2, -0.15) is 0 Å². The van der Waals surface area contributed by atoms with Gasteiger partial charge in [-0.15, -0.1) is 11.3 Å². The van der Waals surface area contributed by atoms with E-state index >= 15 is 0 Å². The number of carboxylic acids is 1. The van der Waals surface area contributed by atoms with Crippen molar-refractivity contribution in [2.45, 2.75) is 6.92 Å². The monoisotopic (exact) mass is 187 g/mol. The zero-order valence-electron chi connectivity index (χ0n) is 6.31. The molecule has 1 aromatic heterocycles.